The SMILES string of the molecule is CCOC(=O)Cn1c2c(c3cc(F)ccc31)C[C@@H](NC(=O)CCc1cccc(C(F)(F)F)c1)CC2. The lowest BCUT2D eigenvalue weighted by Gasteiger charge is -2.25. The Morgan fingerprint density at radius 3 is 2.71 bits per heavy atom. The van der Waals surface area contributed by atoms with Crippen molar-refractivity contribution in [2.45, 2.75) is 57.8 Å². The van der Waals surface area contributed by atoms with E-state index in [0.717, 1.165) is 28.9 Å². The number of hydrogen-bond acceptors (Lipinski definition) is 3. The number of aryl methyl sites for hydroxylation is 1. The van der Waals surface area contributed by atoms with Gasteiger partial charge in [0.05, 0.1) is 12.2 Å². The Morgan fingerprint density at radius 2 is 1.97 bits per heavy atom. The van der Waals surface area contributed by atoms with Gasteiger partial charge in [-0.25, -0.2) is 4.39 Å². The highest BCUT2D eigenvalue weighted by atomic mass is 19.4. The van der Waals surface area contributed by atoms with Crippen LogP contribution in [-0.4, -0.2) is 29.1 Å². The number of carbonyl (C=O) groups excluding carboxylic acids is 2. The van der Waals surface area contributed by atoms with Gasteiger partial charge in [0.2, 0.25) is 5.91 Å². The van der Waals surface area contributed by atoms with Crippen molar-refractivity contribution in [3.8, 4) is 0 Å². The van der Waals surface area contributed by atoms with Crippen molar-refractivity contribution >= 4 is 22.8 Å². The fraction of sp³-hybridized carbons (Fsp3) is 0.385. The van der Waals surface area contributed by atoms with E-state index in [9.17, 15) is 27.2 Å². The fourth-order valence-corrected chi connectivity index (χ4v) is 4.72. The third-order valence-corrected chi connectivity index (χ3v) is 6.28. The van der Waals surface area contributed by atoms with Crippen molar-refractivity contribution in [1.29, 1.82) is 0 Å². The monoisotopic (exact) mass is 490 g/mol. The quantitative estimate of drug-likeness (QED) is 0.376. The van der Waals surface area contributed by atoms with Crippen molar-refractivity contribution in [2.24, 2.45) is 0 Å². The summed E-state index contributed by atoms with van der Waals surface area (Å²) in [5, 5.41) is 3.67. The number of ether oxygens (including phenoxy) is 1. The van der Waals surface area contributed by atoms with Crippen LogP contribution in [-0.2, 0) is 46.3 Å². The van der Waals surface area contributed by atoms with Gasteiger partial charge in [-0.3, -0.25) is 9.59 Å². The van der Waals surface area contributed by atoms with Crippen LogP contribution in [0, 0.1) is 5.82 Å². The van der Waals surface area contributed by atoms with Crippen LogP contribution in [0.15, 0.2) is 42.5 Å². The second-order valence-electron chi connectivity index (χ2n) is 8.68. The molecule has 0 bridgehead atoms. The number of esters is 1. The van der Waals surface area contributed by atoms with Gasteiger partial charge in [-0.2, -0.15) is 13.2 Å². The summed E-state index contributed by atoms with van der Waals surface area (Å²) >= 11 is 0. The van der Waals surface area contributed by atoms with Crippen LogP contribution in [0.1, 0.15) is 42.1 Å². The van der Waals surface area contributed by atoms with Gasteiger partial charge in [-0.05, 0) is 68.0 Å². The van der Waals surface area contributed by atoms with Crippen LogP contribution in [0.2, 0.25) is 0 Å². The molecule has 3 aromatic rings. The molecule has 0 aliphatic heterocycles. The molecule has 186 valence electrons. The number of alkyl halides is 3. The molecule has 1 amide bonds. The minimum absolute atomic E-state index is 0.0271. The Hall–Kier alpha value is -3.36. The molecule has 1 aromatic heterocycles. The minimum atomic E-state index is -4.43. The summed E-state index contributed by atoms with van der Waals surface area (Å²) in [6, 6.07) is 9.21. The number of halogens is 4. The first-order valence-electron chi connectivity index (χ1n) is 11.6. The number of carbonyl (C=O) groups is 2. The normalized spacial score (nSPS) is 15.6. The molecule has 4 rings (SSSR count). The van der Waals surface area contributed by atoms with Crippen molar-refractivity contribution in [2.75, 3.05) is 6.61 Å². The summed E-state index contributed by atoms with van der Waals surface area (Å²) in [7, 11) is 0. The van der Waals surface area contributed by atoms with Crippen LogP contribution >= 0.6 is 0 Å². The summed E-state index contributed by atoms with van der Waals surface area (Å²) in [6.07, 6.45) is -2.49. The second kappa shape index (κ2) is 10.1. The van der Waals surface area contributed by atoms with E-state index in [4.69, 9.17) is 4.74 Å². The molecule has 0 unspecified atom stereocenters. The molecule has 0 fully saturated rings. The maximum atomic E-state index is 14.0. The molecule has 1 heterocycles. The fourth-order valence-electron chi connectivity index (χ4n) is 4.72. The number of aromatic nitrogens is 1. The third kappa shape index (κ3) is 5.66. The first kappa shape index (κ1) is 24.8. The largest absolute Gasteiger partial charge is 0.465 e. The van der Waals surface area contributed by atoms with E-state index in [-0.39, 0.29) is 49.7 Å². The summed E-state index contributed by atoms with van der Waals surface area (Å²) in [5.74, 6) is -1.01. The molecular weight excluding hydrogens is 464 g/mol. The highest BCUT2D eigenvalue weighted by molar-refractivity contribution is 5.87. The van der Waals surface area contributed by atoms with E-state index in [1.54, 1.807) is 19.1 Å². The minimum Gasteiger partial charge on any atom is -0.465 e. The summed E-state index contributed by atoms with van der Waals surface area (Å²) in [5.41, 5.74) is 2.26. The van der Waals surface area contributed by atoms with Crippen molar-refractivity contribution < 1.29 is 31.9 Å². The number of nitrogens with one attached hydrogen (secondary N) is 1. The summed E-state index contributed by atoms with van der Waals surface area (Å²) in [4.78, 5) is 24.7. The second-order valence-corrected chi connectivity index (χ2v) is 8.68. The summed E-state index contributed by atoms with van der Waals surface area (Å²) in [6.45, 7) is 2.03. The molecule has 1 aliphatic rings. The molecule has 1 aliphatic carbocycles. The Kier molecular flexibility index (Phi) is 7.14. The van der Waals surface area contributed by atoms with E-state index in [0.29, 0.717) is 30.2 Å². The molecule has 1 atom stereocenters. The van der Waals surface area contributed by atoms with Gasteiger partial charge in [0.25, 0.3) is 0 Å². The molecule has 0 saturated carbocycles. The Bertz CT molecular complexity index is 1250. The van der Waals surface area contributed by atoms with Gasteiger partial charge >= 0.3 is 12.1 Å². The van der Waals surface area contributed by atoms with E-state index in [2.05, 4.69) is 5.32 Å². The lowest BCUT2D eigenvalue weighted by Crippen LogP contribution is -2.39. The van der Waals surface area contributed by atoms with Crippen molar-refractivity contribution in [1.82, 2.24) is 9.88 Å². The van der Waals surface area contributed by atoms with Gasteiger partial charge in [-0.15, -0.1) is 0 Å². The first-order chi connectivity index (χ1) is 16.7. The molecule has 0 spiro atoms. The lowest BCUT2D eigenvalue weighted by atomic mass is 9.91. The van der Waals surface area contributed by atoms with Crippen LogP contribution in [0.5, 0.6) is 0 Å². The van der Waals surface area contributed by atoms with Crippen LogP contribution in [0.4, 0.5) is 17.6 Å². The van der Waals surface area contributed by atoms with Gasteiger partial charge in [0.15, 0.2) is 0 Å². The zero-order chi connectivity index (χ0) is 25.2. The molecule has 1 N–H and O–H groups in total. The maximum Gasteiger partial charge on any atom is 0.416 e. The van der Waals surface area contributed by atoms with E-state index in [1.165, 1.54) is 18.2 Å². The number of benzene rings is 2. The number of fused-ring (bicyclic) bond motifs is 3. The van der Waals surface area contributed by atoms with Gasteiger partial charge < -0.3 is 14.6 Å². The average Bonchev–Trinajstić information content (AvgIpc) is 3.09. The van der Waals surface area contributed by atoms with Gasteiger partial charge in [0, 0.05) is 29.1 Å². The van der Waals surface area contributed by atoms with Crippen molar-refractivity contribution in [3.05, 3.63) is 70.7 Å². The van der Waals surface area contributed by atoms with Gasteiger partial charge in [0.1, 0.15) is 12.4 Å². The number of hydrogen-bond donors (Lipinski definition) is 1. The van der Waals surface area contributed by atoms with Crippen LogP contribution in [0.25, 0.3) is 10.9 Å². The smallest absolute Gasteiger partial charge is 0.416 e. The predicted molar refractivity (Wildman–Crippen MR) is 122 cm³/mol. The molecule has 5 nitrogen and oxygen atoms in total. The first-order valence-corrected chi connectivity index (χ1v) is 11.6. The topological polar surface area (TPSA) is 60.3 Å². The van der Waals surface area contributed by atoms with Crippen LogP contribution in [0.3, 0.4) is 0 Å². The number of rotatable bonds is 7. The molecule has 0 saturated heterocycles. The van der Waals surface area contributed by atoms with Gasteiger partial charge in [-0.1, -0.05) is 18.2 Å². The molecule has 2 aromatic carbocycles. The maximum absolute atomic E-state index is 14.0. The zero-order valence-electron chi connectivity index (χ0n) is 19.3. The van der Waals surface area contributed by atoms with E-state index >= 15 is 0 Å². The molecule has 35 heavy (non-hydrogen) atoms. The highest BCUT2D eigenvalue weighted by Gasteiger charge is 2.30. The highest BCUT2D eigenvalue weighted by Crippen LogP contribution is 2.33. The number of nitrogens with zero attached hydrogens (tertiary/aromatic N) is 1. The molecular formula is C26H26F4N2O3. The standard InChI is InChI=1S/C26H26F4N2O3/c1-2-35-25(34)15-32-22-9-7-18(27)13-20(22)21-14-19(8-10-23(21)32)31-24(33)11-6-16-4-3-5-17(12-16)26(28,29)30/h3-5,7,9,12-13,19H,2,6,8,10-11,14-15H2,1H3,(H,31,33)/t19-/m0/s1. The third-order valence-electron chi connectivity index (χ3n) is 6.28. The Labute approximate surface area is 200 Å². The van der Waals surface area contributed by atoms with Crippen molar-refractivity contribution in [3.63, 3.8) is 0 Å². The Balaban J connectivity index is 1.45. The van der Waals surface area contributed by atoms with Crippen LogP contribution < -0.4 is 5.32 Å². The zero-order valence-corrected chi connectivity index (χ0v) is 19.3. The predicted octanol–water partition coefficient (Wildman–Crippen LogP) is 4.97. The molecule has 0 radical (unpaired) electrons. The summed E-state index contributed by atoms with van der Waals surface area (Å²) < 4.78 is 59.7. The lowest BCUT2D eigenvalue weighted by molar-refractivity contribution is -0.143. The Morgan fingerprint density at radius 1 is 1.17 bits per heavy atom. The van der Waals surface area contributed by atoms with E-state index < -0.39 is 11.7 Å². The van der Waals surface area contributed by atoms with E-state index in [1.807, 2.05) is 4.57 Å². The average molecular weight is 490 g/mol. The molecule has 9 heteroatoms. The number of amides is 1.